The zero-order valence-corrected chi connectivity index (χ0v) is 17.9. The highest BCUT2D eigenvalue weighted by Crippen LogP contribution is 2.24. The second-order valence-electron chi connectivity index (χ2n) is 6.77. The minimum Gasteiger partial charge on any atom is -0.496 e. The Hall–Kier alpha value is -3.07. The van der Waals surface area contributed by atoms with Crippen LogP contribution in [0, 0.1) is 6.92 Å². The van der Waals surface area contributed by atoms with E-state index in [1.165, 1.54) is 18.1 Å². The van der Waals surface area contributed by atoms with Crippen LogP contribution in [0.2, 0.25) is 0 Å². The summed E-state index contributed by atoms with van der Waals surface area (Å²) in [6.45, 7) is 1.44. The van der Waals surface area contributed by atoms with Crippen LogP contribution in [0.5, 0.6) is 5.75 Å². The molecular weight excluding hydrogens is 394 g/mol. The molecule has 0 fully saturated rings. The van der Waals surface area contributed by atoms with Crippen molar-refractivity contribution >= 4 is 33.2 Å². The monoisotopic (exact) mass is 419 g/mol. The summed E-state index contributed by atoms with van der Waals surface area (Å²) >= 11 is 0. The standard InChI is InChI=1S/C20H25N3O5S/c1-14-7-6-8-16(11-14)23(29(5,26)27)13-19(24)21-15-9-10-18(28-4)17(12-15)20(25)22(2)3/h6-12H,13H2,1-5H3,(H,21,24). The smallest absolute Gasteiger partial charge is 0.257 e. The molecule has 0 atom stereocenters. The molecule has 9 heteroatoms. The van der Waals surface area contributed by atoms with E-state index in [1.54, 1.807) is 44.4 Å². The molecular formula is C20H25N3O5S. The first-order valence-corrected chi connectivity index (χ1v) is 10.6. The van der Waals surface area contributed by atoms with Gasteiger partial charge in [0.1, 0.15) is 12.3 Å². The average molecular weight is 420 g/mol. The molecule has 0 heterocycles. The molecule has 0 saturated carbocycles. The lowest BCUT2D eigenvalue weighted by Gasteiger charge is -2.22. The molecule has 0 aliphatic carbocycles. The van der Waals surface area contributed by atoms with Gasteiger partial charge in [-0.15, -0.1) is 0 Å². The van der Waals surface area contributed by atoms with Crippen LogP contribution >= 0.6 is 0 Å². The predicted molar refractivity (Wildman–Crippen MR) is 113 cm³/mol. The minimum absolute atomic E-state index is 0.282. The Labute approximate surface area is 171 Å². The van der Waals surface area contributed by atoms with Gasteiger partial charge in [-0.25, -0.2) is 8.42 Å². The summed E-state index contributed by atoms with van der Waals surface area (Å²) in [7, 11) is 0.996. The lowest BCUT2D eigenvalue weighted by molar-refractivity contribution is -0.114. The Balaban J connectivity index is 2.27. The number of nitrogens with one attached hydrogen (secondary N) is 1. The van der Waals surface area contributed by atoms with Crippen LogP contribution in [0.1, 0.15) is 15.9 Å². The van der Waals surface area contributed by atoms with E-state index in [-0.39, 0.29) is 11.5 Å². The number of hydrogen-bond acceptors (Lipinski definition) is 5. The van der Waals surface area contributed by atoms with Crippen LogP contribution in [0.4, 0.5) is 11.4 Å². The van der Waals surface area contributed by atoms with Gasteiger partial charge in [0.25, 0.3) is 5.91 Å². The van der Waals surface area contributed by atoms with E-state index in [0.717, 1.165) is 16.1 Å². The Kier molecular flexibility index (Phi) is 6.86. The fourth-order valence-electron chi connectivity index (χ4n) is 2.71. The molecule has 156 valence electrons. The summed E-state index contributed by atoms with van der Waals surface area (Å²) in [5, 5.41) is 2.64. The van der Waals surface area contributed by atoms with Gasteiger partial charge in [-0.2, -0.15) is 0 Å². The van der Waals surface area contributed by atoms with Gasteiger partial charge in [0, 0.05) is 19.8 Å². The molecule has 8 nitrogen and oxygen atoms in total. The summed E-state index contributed by atoms with van der Waals surface area (Å²) < 4.78 is 30.7. The van der Waals surface area contributed by atoms with Gasteiger partial charge in [0.2, 0.25) is 15.9 Å². The first-order chi connectivity index (χ1) is 13.5. The zero-order valence-electron chi connectivity index (χ0n) is 17.1. The van der Waals surface area contributed by atoms with E-state index in [0.29, 0.717) is 17.1 Å². The molecule has 2 aromatic rings. The summed E-state index contributed by atoms with van der Waals surface area (Å²) in [5.74, 6) is -0.444. The van der Waals surface area contributed by atoms with Crippen molar-refractivity contribution in [3.05, 3.63) is 53.6 Å². The first kappa shape index (κ1) is 22.2. The fraction of sp³-hybridized carbons (Fsp3) is 0.300. The third-order valence-electron chi connectivity index (χ3n) is 4.10. The molecule has 1 N–H and O–H groups in total. The quantitative estimate of drug-likeness (QED) is 0.742. The second-order valence-corrected chi connectivity index (χ2v) is 8.68. The van der Waals surface area contributed by atoms with Crippen molar-refractivity contribution in [2.45, 2.75) is 6.92 Å². The summed E-state index contributed by atoms with van der Waals surface area (Å²) in [4.78, 5) is 26.3. The molecule has 0 radical (unpaired) electrons. The van der Waals surface area contributed by atoms with Crippen molar-refractivity contribution in [3.63, 3.8) is 0 Å². The molecule has 0 aliphatic heterocycles. The molecule has 0 aliphatic rings. The maximum absolute atomic E-state index is 12.6. The topological polar surface area (TPSA) is 96.0 Å². The molecule has 29 heavy (non-hydrogen) atoms. The van der Waals surface area contributed by atoms with E-state index >= 15 is 0 Å². The number of hydrogen-bond donors (Lipinski definition) is 1. The highest BCUT2D eigenvalue weighted by atomic mass is 32.2. The highest BCUT2D eigenvalue weighted by Gasteiger charge is 2.22. The van der Waals surface area contributed by atoms with Crippen molar-refractivity contribution in [1.82, 2.24) is 4.90 Å². The number of anilines is 2. The van der Waals surface area contributed by atoms with Gasteiger partial charge in [0.05, 0.1) is 24.6 Å². The largest absolute Gasteiger partial charge is 0.496 e. The highest BCUT2D eigenvalue weighted by molar-refractivity contribution is 7.92. The Bertz CT molecular complexity index is 1020. The molecule has 2 aromatic carbocycles. The molecule has 0 saturated heterocycles. The number of carbonyl (C=O) groups is 2. The molecule has 2 amide bonds. The maximum Gasteiger partial charge on any atom is 0.257 e. The SMILES string of the molecule is COc1ccc(NC(=O)CN(c2cccc(C)c2)S(C)(=O)=O)cc1C(=O)N(C)C. The average Bonchev–Trinajstić information content (AvgIpc) is 2.64. The molecule has 2 rings (SSSR count). The van der Waals surface area contributed by atoms with Crippen LogP contribution < -0.4 is 14.4 Å². The minimum atomic E-state index is -3.67. The summed E-state index contributed by atoms with van der Waals surface area (Å²) in [6.07, 6.45) is 1.05. The van der Waals surface area contributed by atoms with Gasteiger partial charge in [0.15, 0.2) is 0 Å². The van der Waals surface area contributed by atoms with Crippen LogP contribution in [-0.2, 0) is 14.8 Å². The summed E-state index contributed by atoms with van der Waals surface area (Å²) in [5.41, 5.74) is 1.92. The number of sulfonamides is 1. The Morgan fingerprint density at radius 1 is 1.10 bits per heavy atom. The van der Waals surface area contributed by atoms with Crippen LogP contribution in [0.15, 0.2) is 42.5 Å². The maximum atomic E-state index is 12.6. The van der Waals surface area contributed by atoms with Crippen molar-refractivity contribution in [1.29, 1.82) is 0 Å². The van der Waals surface area contributed by atoms with Crippen molar-refractivity contribution < 1.29 is 22.7 Å². The van der Waals surface area contributed by atoms with E-state index in [2.05, 4.69) is 5.32 Å². The number of nitrogens with zero attached hydrogens (tertiary/aromatic N) is 2. The normalized spacial score (nSPS) is 10.9. The van der Waals surface area contributed by atoms with Crippen LogP contribution in [-0.4, -0.2) is 59.1 Å². The number of amides is 2. The zero-order chi connectivity index (χ0) is 21.8. The number of carbonyl (C=O) groups excluding carboxylic acids is 2. The van der Waals surface area contributed by atoms with E-state index in [1.807, 2.05) is 13.0 Å². The molecule has 0 unspecified atom stereocenters. The number of aryl methyl sites for hydroxylation is 1. The predicted octanol–water partition coefficient (Wildman–Crippen LogP) is 2.11. The van der Waals surface area contributed by atoms with Gasteiger partial charge < -0.3 is 15.0 Å². The Morgan fingerprint density at radius 2 is 1.79 bits per heavy atom. The lowest BCUT2D eigenvalue weighted by Crippen LogP contribution is -2.37. The number of ether oxygens (including phenoxy) is 1. The second kappa shape index (κ2) is 8.95. The van der Waals surface area contributed by atoms with Gasteiger partial charge >= 0.3 is 0 Å². The number of benzene rings is 2. The third kappa shape index (κ3) is 5.71. The first-order valence-electron chi connectivity index (χ1n) is 8.77. The van der Waals surface area contributed by atoms with E-state index < -0.39 is 22.5 Å². The lowest BCUT2D eigenvalue weighted by atomic mass is 10.1. The van der Waals surface area contributed by atoms with Crippen LogP contribution in [0.25, 0.3) is 0 Å². The van der Waals surface area contributed by atoms with Gasteiger partial charge in [-0.05, 0) is 42.8 Å². The van der Waals surface area contributed by atoms with E-state index in [4.69, 9.17) is 4.74 Å². The van der Waals surface area contributed by atoms with Crippen LogP contribution in [0.3, 0.4) is 0 Å². The number of methoxy groups -OCH3 is 1. The van der Waals surface area contributed by atoms with Gasteiger partial charge in [-0.1, -0.05) is 12.1 Å². The number of rotatable bonds is 7. The van der Waals surface area contributed by atoms with Crippen molar-refractivity contribution in [2.75, 3.05) is 43.6 Å². The Morgan fingerprint density at radius 3 is 2.34 bits per heavy atom. The fourth-order valence-corrected chi connectivity index (χ4v) is 3.56. The van der Waals surface area contributed by atoms with Crippen molar-refractivity contribution in [3.8, 4) is 5.75 Å². The molecule has 0 aromatic heterocycles. The third-order valence-corrected chi connectivity index (χ3v) is 5.24. The van der Waals surface area contributed by atoms with Crippen molar-refractivity contribution in [2.24, 2.45) is 0 Å². The summed E-state index contributed by atoms with van der Waals surface area (Å²) in [6, 6.07) is 11.5. The van der Waals surface area contributed by atoms with Gasteiger partial charge in [-0.3, -0.25) is 13.9 Å². The molecule has 0 spiro atoms. The molecule has 0 bridgehead atoms. The van der Waals surface area contributed by atoms with E-state index in [9.17, 15) is 18.0 Å².